The summed E-state index contributed by atoms with van der Waals surface area (Å²) < 4.78 is 15.0. The Bertz CT molecular complexity index is 1110. The van der Waals surface area contributed by atoms with Gasteiger partial charge in [0.2, 0.25) is 0 Å². The maximum atomic E-state index is 13.5. The number of carbonyl (C=O) groups is 1. The highest BCUT2D eigenvalue weighted by Gasteiger charge is 2.34. The quantitative estimate of drug-likeness (QED) is 0.585. The summed E-state index contributed by atoms with van der Waals surface area (Å²) in [6.45, 7) is 8.93. The van der Waals surface area contributed by atoms with Gasteiger partial charge in [0, 0.05) is 24.7 Å². The zero-order chi connectivity index (χ0) is 22.3. The summed E-state index contributed by atoms with van der Waals surface area (Å²) in [6, 6.07) is 12.3. The monoisotopic (exact) mass is 420 g/mol. The molecule has 1 saturated heterocycles. The summed E-state index contributed by atoms with van der Waals surface area (Å²) in [5, 5.41) is 4.57. The van der Waals surface area contributed by atoms with Crippen LogP contribution in [0.15, 0.2) is 42.5 Å². The van der Waals surface area contributed by atoms with Crippen molar-refractivity contribution >= 4 is 5.91 Å². The average molecular weight is 421 g/mol. The molecule has 3 heterocycles. The van der Waals surface area contributed by atoms with Gasteiger partial charge in [0.25, 0.3) is 5.91 Å². The first-order chi connectivity index (χ1) is 14.6. The Labute approximate surface area is 182 Å². The molecule has 1 aliphatic heterocycles. The van der Waals surface area contributed by atoms with Gasteiger partial charge in [-0.15, -0.1) is 0 Å². The average Bonchev–Trinajstić information content (AvgIpc) is 3.34. The first-order valence-electron chi connectivity index (χ1n) is 10.7. The van der Waals surface area contributed by atoms with Crippen molar-refractivity contribution in [2.75, 3.05) is 6.54 Å². The molecule has 5 nitrogen and oxygen atoms in total. The van der Waals surface area contributed by atoms with Crippen molar-refractivity contribution in [2.45, 2.75) is 52.0 Å². The van der Waals surface area contributed by atoms with Crippen LogP contribution in [0.3, 0.4) is 0 Å². The smallest absolute Gasteiger partial charge is 0.272 e. The molecule has 0 aliphatic carbocycles. The number of likely N-dealkylation sites (tertiary alicyclic amines) is 1. The molecular weight excluding hydrogens is 391 g/mol. The summed E-state index contributed by atoms with van der Waals surface area (Å²) >= 11 is 0. The summed E-state index contributed by atoms with van der Waals surface area (Å²) in [4.78, 5) is 20.1. The van der Waals surface area contributed by atoms with Crippen LogP contribution in [0.1, 0.15) is 67.2 Å². The predicted octanol–water partition coefficient (Wildman–Crippen LogP) is 5.20. The molecule has 1 fully saturated rings. The Hall–Kier alpha value is -3.02. The van der Waals surface area contributed by atoms with Gasteiger partial charge in [-0.1, -0.05) is 32.9 Å². The minimum absolute atomic E-state index is 0.0142. The van der Waals surface area contributed by atoms with Crippen LogP contribution in [-0.2, 0) is 12.5 Å². The summed E-state index contributed by atoms with van der Waals surface area (Å²) in [7, 11) is 1.82. The van der Waals surface area contributed by atoms with Crippen molar-refractivity contribution in [1.29, 1.82) is 0 Å². The van der Waals surface area contributed by atoms with Crippen LogP contribution in [-0.4, -0.2) is 32.1 Å². The van der Waals surface area contributed by atoms with Gasteiger partial charge >= 0.3 is 0 Å². The molecule has 0 bridgehead atoms. The van der Waals surface area contributed by atoms with Crippen LogP contribution in [0.2, 0.25) is 0 Å². The van der Waals surface area contributed by atoms with Gasteiger partial charge < -0.3 is 4.90 Å². The van der Waals surface area contributed by atoms with Gasteiger partial charge in [-0.05, 0) is 61.2 Å². The number of rotatable bonds is 3. The second-order valence-electron chi connectivity index (χ2n) is 9.37. The van der Waals surface area contributed by atoms with Crippen molar-refractivity contribution < 1.29 is 9.18 Å². The van der Waals surface area contributed by atoms with Gasteiger partial charge in [0.05, 0.1) is 17.4 Å². The number of halogens is 1. The van der Waals surface area contributed by atoms with Crippen LogP contribution < -0.4 is 0 Å². The van der Waals surface area contributed by atoms with Crippen molar-refractivity contribution in [3.8, 4) is 11.1 Å². The third kappa shape index (κ3) is 4.24. The fraction of sp³-hybridized carbons (Fsp3) is 0.400. The molecule has 6 heteroatoms. The van der Waals surface area contributed by atoms with Crippen molar-refractivity contribution in [3.05, 3.63) is 71.1 Å². The molecule has 31 heavy (non-hydrogen) atoms. The number of pyridine rings is 1. The number of aryl methyl sites for hydroxylation is 2. The second kappa shape index (κ2) is 7.91. The molecular formula is C25H29FN4O. The van der Waals surface area contributed by atoms with E-state index in [1.165, 1.54) is 12.1 Å². The highest BCUT2D eigenvalue weighted by molar-refractivity contribution is 5.93. The lowest BCUT2D eigenvalue weighted by Gasteiger charge is -2.25. The van der Waals surface area contributed by atoms with Crippen molar-refractivity contribution in [1.82, 2.24) is 19.7 Å². The molecule has 0 saturated carbocycles. The zero-order valence-corrected chi connectivity index (χ0v) is 18.8. The minimum atomic E-state index is -0.256. The minimum Gasteiger partial charge on any atom is -0.329 e. The molecule has 1 aromatic carbocycles. The van der Waals surface area contributed by atoms with Crippen LogP contribution >= 0.6 is 0 Å². The van der Waals surface area contributed by atoms with E-state index in [0.717, 1.165) is 41.1 Å². The molecule has 0 spiro atoms. The van der Waals surface area contributed by atoms with E-state index in [9.17, 15) is 9.18 Å². The van der Waals surface area contributed by atoms with E-state index >= 15 is 0 Å². The standard InChI is InChI=1S/C25H29FN4O/c1-16-13-18(17-8-10-19(26)11-9-17)14-20(27-16)21-7-6-12-30(21)24(31)22-15-23(25(2,3)4)28-29(22)5/h8-11,13-15,21H,6-7,12H2,1-5H3. The number of aromatic nitrogens is 3. The highest BCUT2D eigenvalue weighted by atomic mass is 19.1. The molecule has 4 rings (SSSR count). The van der Waals surface area contributed by atoms with Gasteiger partial charge in [-0.2, -0.15) is 5.10 Å². The lowest BCUT2D eigenvalue weighted by Crippen LogP contribution is -2.32. The molecule has 0 N–H and O–H groups in total. The fourth-order valence-corrected chi connectivity index (χ4v) is 4.17. The summed E-state index contributed by atoms with van der Waals surface area (Å²) in [5.74, 6) is -0.271. The van der Waals surface area contributed by atoms with E-state index in [1.807, 2.05) is 37.1 Å². The molecule has 1 amide bonds. The molecule has 2 aromatic heterocycles. The first-order valence-corrected chi connectivity index (χ1v) is 10.7. The Morgan fingerprint density at radius 2 is 1.81 bits per heavy atom. The van der Waals surface area contributed by atoms with Crippen molar-refractivity contribution in [2.24, 2.45) is 7.05 Å². The lowest BCUT2D eigenvalue weighted by atomic mass is 9.92. The summed E-state index contributed by atoms with van der Waals surface area (Å²) in [5.41, 5.74) is 5.06. The van der Waals surface area contributed by atoms with Crippen LogP contribution in [0, 0.1) is 12.7 Å². The highest BCUT2D eigenvalue weighted by Crippen LogP contribution is 2.35. The number of hydrogen-bond acceptors (Lipinski definition) is 3. The van der Waals surface area contributed by atoms with Crippen LogP contribution in [0.5, 0.6) is 0 Å². The molecule has 162 valence electrons. The molecule has 3 aromatic rings. The zero-order valence-electron chi connectivity index (χ0n) is 18.8. The first kappa shape index (κ1) is 21.2. The molecule has 1 atom stereocenters. The fourth-order valence-electron chi connectivity index (χ4n) is 4.17. The largest absolute Gasteiger partial charge is 0.329 e. The van der Waals surface area contributed by atoms with E-state index in [-0.39, 0.29) is 23.2 Å². The third-order valence-corrected chi connectivity index (χ3v) is 5.87. The Morgan fingerprint density at radius 3 is 2.45 bits per heavy atom. The van der Waals surface area contributed by atoms with Crippen molar-refractivity contribution in [3.63, 3.8) is 0 Å². The maximum Gasteiger partial charge on any atom is 0.272 e. The van der Waals surface area contributed by atoms with E-state index in [1.54, 1.807) is 16.8 Å². The number of hydrogen-bond donors (Lipinski definition) is 0. The maximum absolute atomic E-state index is 13.5. The second-order valence-corrected chi connectivity index (χ2v) is 9.37. The number of benzene rings is 1. The normalized spacial score (nSPS) is 16.7. The Balaban J connectivity index is 1.67. The van der Waals surface area contributed by atoms with Gasteiger partial charge in [-0.25, -0.2) is 4.39 Å². The Kier molecular flexibility index (Phi) is 5.42. The molecule has 0 radical (unpaired) electrons. The molecule has 1 aliphatic rings. The third-order valence-electron chi connectivity index (χ3n) is 5.87. The predicted molar refractivity (Wildman–Crippen MR) is 119 cm³/mol. The van der Waals surface area contributed by atoms with Crippen LogP contribution in [0.4, 0.5) is 4.39 Å². The SMILES string of the molecule is Cc1cc(-c2ccc(F)cc2)cc(C2CCCN2C(=O)c2cc(C(C)(C)C)nn2C)n1. The van der Waals surface area contributed by atoms with E-state index in [0.29, 0.717) is 12.2 Å². The number of nitrogens with zero attached hydrogens (tertiary/aromatic N) is 4. The lowest BCUT2D eigenvalue weighted by molar-refractivity contribution is 0.0721. The van der Waals surface area contributed by atoms with Gasteiger partial charge in [0.1, 0.15) is 11.5 Å². The number of carbonyl (C=O) groups excluding carboxylic acids is 1. The Morgan fingerprint density at radius 1 is 1.10 bits per heavy atom. The van der Waals surface area contributed by atoms with Crippen LogP contribution in [0.25, 0.3) is 11.1 Å². The van der Waals surface area contributed by atoms with Gasteiger partial charge in [-0.3, -0.25) is 14.5 Å². The molecule has 1 unspecified atom stereocenters. The van der Waals surface area contributed by atoms with E-state index in [2.05, 4.69) is 25.9 Å². The topological polar surface area (TPSA) is 51.0 Å². The summed E-state index contributed by atoms with van der Waals surface area (Å²) in [6.07, 6.45) is 1.80. The van der Waals surface area contributed by atoms with E-state index < -0.39 is 0 Å². The van der Waals surface area contributed by atoms with E-state index in [4.69, 9.17) is 4.98 Å². The van der Waals surface area contributed by atoms with Gasteiger partial charge in [0.15, 0.2) is 0 Å². The number of amides is 1.